The summed E-state index contributed by atoms with van der Waals surface area (Å²) in [4.78, 5) is 4.23. The molecule has 0 aliphatic rings. The zero-order valence-corrected chi connectivity index (χ0v) is 10.5. The minimum absolute atomic E-state index is 0.730. The molecule has 5 heteroatoms. The average molecular weight is 228 g/mol. The van der Waals surface area contributed by atoms with Crippen LogP contribution in [0.25, 0.3) is 0 Å². The van der Waals surface area contributed by atoms with Crippen molar-refractivity contribution in [2.24, 2.45) is 5.92 Å². The van der Waals surface area contributed by atoms with Crippen LogP contribution in [0.15, 0.2) is 5.16 Å². The zero-order valence-electron chi connectivity index (χ0n) is 9.71. The molecule has 1 aromatic rings. The molecule has 0 aromatic carbocycles. The summed E-state index contributed by atoms with van der Waals surface area (Å²) in [5, 5.41) is 11.2. The lowest BCUT2D eigenvalue weighted by Gasteiger charge is -2.05. The molecule has 0 bridgehead atoms. The second kappa shape index (κ2) is 6.85. The molecule has 86 valence electrons. The third-order valence-corrected chi connectivity index (χ3v) is 2.79. The Bertz CT molecular complexity index is 272. The molecule has 1 aromatic heterocycles. The van der Waals surface area contributed by atoms with Crippen LogP contribution in [-0.4, -0.2) is 34.0 Å². The van der Waals surface area contributed by atoms with Crippen molar-refractivity contribution < 1.29 is 0 Å². The van der Waals surface area contributed by atoms with E-state index in [0.717, 1.165) is 42.2 Å². The summed E-state index contributed by atoms with van der Waals surface area (Å²) in [6, 6.07) is 0. The number of H-pyrrole nitrogens is 1. The molecule has 0 saturated carbocycles. The minimum Gasteiger partial charge on any atom is -0.316 e. The Balaban J connectivity index is 1.98. The van der Waals surface area contributed by atoms with E-state index in [-0.39, 0.29) is 0 Å². The molecule has 0 fully saturated rings. The number of hydrogen-bond acceptors (Lipinski definition) is 4. The molecule has 0 aliphatic heterocycles. The molecule has 1 heterocycles. The largest absolute Gasteiger partial charge is 0.316 e. The molecular weight excluding hydrogens is 208 g/mol. The van der Waals surface area contributed by atoms with E-state index < -0.39 is 0 Å². The van der Waals surface area contributed by atoms with E-state index >= 15 is 0 Å². The van der Waals surface area contributed by atoms with Gasteiger partial charge in [0.15, 0.2) is 0 Å². The second-order valence-corrected chi connectivity index (χ2v) is 5.07. The molecule has 2 N–H and O–H groups in total. The maximum atomic E-state index is 4.23. The van der Waals surface area contributed by atoms with E-state index in [0.29, 0.717) is 0 Å². The maximum absolute atomic E-state index is 4.23. The lowest BCUT2D eigenvalue weighted by molar-refractivity contribution is 0.551. The number of nitrogens with zero attached hydrogens (tertiary/aromatic N) is 2. The Labute approximate surface area is 95.6 Å². The number of hydrogen-bond donors (Lipinski definition) is 2. The third-order valence-electron chi connectivity index (χ3n) is 1.86. The number of aromatic amines is 1. The van der Waals surface area contributed by atoms with Crippen LogP contribution in [0.4, 0.5) is 0 Å². The van der Waals surface area contributed by atoms with E-state index in [1.165, 1.54) is 0 Å². The molecule has 1 rings (SSSR count). The number of aromatic nitrogens is 3. The minimum atomic E-state index is 0.730. The van der Waals surface area contributed by atoms with Crippen LogP contribution < -0.4 is 5.32 Å². The van der Waals surface area contributed by atoms with E-state index in [9.17, 15) is 0 Å². The van der Waals surface area contributed by atoms with Gasteiger partial charge in [-0.15, -0.1) is 5.10 Å². The van der Waals surface area contributed by atoms with Crippen LogP contribution in [0.3, 0.4) is 0 Å². The van der Waals surface area contributed by atoms with Crippen LogP contribution in [-0.2, 0) is 0 Å². The number of rotatable bonds is 7. The Morgan fingerprint density at radius 3 is 2.87 bits per heavy atom. The normalized spacial score (nSPS) is 11.2. The highest BCUT2D eigenvalue weighted by Crippen LogP contribution is 2.12. The summed E-state index contributed by atoms with van der Waals surface area (Å²) < 4.78 is 0. The summed E-state index contributed by atoms with van der Waals surface area (Å²) in [5.41, 5.74) is 0. The first-order chi connectivity index (χ1) is 7.18. The quantitative estimate of drug-likeness (QED) is 0.552. The smallest absolute Gasteiger partial charge is 0.208 e. The molecule has 0 amide bonds. The predicted octanol–water partition coefficient (Wildman–Crippen LogP) is 1.84. The van der Waals surface area contributed by atoms with Crippen LogP contribution in [0, 0.1) is 12.8 Å². The fourth-order valence-corrected chi connectivity index (χ4v) is 1.92. The van der Waals surface area contributed by atoms with Gasteiger partial charge in [-0.2, -0.15) is 0 Å². The van der Waals surface area contributed by atoms with Crippen molar-refractivity contribution in [2.45, 2.75) is 32.3 Å². The summed E-state index contributed by atoms with van der Waals surface area (Å²) in [7, 11) is 0. The predicted molar refractivity (Wildman–Crippen MR) is 64.2 cm³/mol. The van der Waals surface area contributed by atoms with Crippen molar-refractivity contribution in [1.29, 1.82) is 0 Å². The fraction of sp³-hybridized carbons (Fsp3) is 0.800. The van der Waals surface area contributed by atoms with Gasteiger partial charge in [-0.3, -0.25) is 5.10 Å². The molecule has 0 spiro atoms. The monoisotopic (exact) mass is 228 g/mol. The van der Waals surface area contributed by atoms with Crippen LogP contribution in [0.2, 0.25) is 0 Å². The fourth-order valence-electron chi connectivity index (χ4n) is 1.14. The summed E-state index contributed by atoms with van der Waals surface area (Å²) >= 11 is 1.71. The Morgan fingerprint density at radius 1 is 1.47 bits per heavy atom. The lowest BCUT2D eigenvalue weighted by Crippen LogP contribution is -2.21. The van der Waals surface area contributed by atoms with Gasteiger partial charge in [0.25, 0.3) is 0 Å². The summed E-state index contributed by atoms with van der Waals surface area (Å²) in [6.07, 6.45) is 1.16. The first-order valence-corrected chi connectivity index (χ1v) is 6.39. The Hall–Kier alpha value is -0.550. The molecule has 0 saturated heterocycles. The first kappa shape index (κ1) is 12.5. The highest BCUT2D eigenvalue weighted by molar-refractivity contribution is 7.99. The standard InChI is InChI=1S/C10H20N4S/c1-8(2)7-11-5-4-6-15-10-12-9(3)13-14-10/h8,11H,4-7H2,1-3H3,(H,12,13,14). The van der Waals surface area contributed by atoms with E-state index in [2.05, 4.69) is 34.3 Å². The first-order valence-electron chi connectivity index (χ1n) is 5.41. The van der Waals surface area contributed by atoms with E-state index in [1.54, 1.807) is 11.8 Å². The molecule has 0 atom stereocenters. The zero-order chi connectivity index (χ0) is 11.1. The van der Waals surface area contributed by atoms with Crippen LogP contribution in [0.1, 0.15) is 26.1 Å². The highest BCUT2D eigenvalue weighted by atomic mass is 32.2. The Kier molecular flexibility index (Phi) is 5.71. The van der Waals surface area contributed by atoms with Crippen LogP contribution in [0.5, 0.6) is 0 Å². The number of nitrogens with one attached hydrogen (secondary N) is 2. The van der Waals surface area contributed by atoms with E-state index in [1.807, 2.05) is 6.92 Å². The number of thioether (sulfide) groups is 1. The van der Waals surface area contributed by atoms with Crippen molar-refractivity contribution >= 4 is 11.8 Å². The van der Waals surface area contributed by atoms with Gasteiger partial charge in [0, 0.05) is 5.75 Å². The summed E-state index contributed by atoms with van der Waals surface area (Å²) in [5.74, 6) is 2.69. The van der Waals surface area contributed by atoms with Gasteiger partial charge in [-0.1, -0.05) is 25.6 Å². The molecule has 0 unspecified atom stereocenters. The van der Waals surface area contributed by atoms with Gasteiger partial charge < -0.3 is 5.32 Å². The van der Waals surface area contributed by atoms with Gasteiger partial charge in [-0.05, 0) is 32.4 Å². The molecule has 0 aliphatic carbocycles. The van der Waals surface area contributed by atoms with Crippen molar-refractivity contribution in [3.05, 3.63) is 5.82 Å². The maximum Gasteiger partial charge on any atom is 0.208 e. The van der Waals surface area contributed by atoms with Crippen molar-refractivity contribution in [2.75, 3.05) is 18.8 Å². The van der Waals surface area contributed by atoms with E-state index in [4.69, 9.17) is 0 Å². The topological polar surface area (TPSA) is 53.6 Å². The van der Waals surface area contributed by atoms with Gasteiger partial charge in [-0.25, -0.2) is 4.98 Å². The van der Waals surface area contributed by atoms with Crippen molar-refractivity contribution in [3.8, 4) is 0 Å². The van der Waals surface area contributed by atoms with Gasteiger partial charge in [0.1, 0.15) is 5.82 Å². The molecule has 4 nitrogen and oxygen atoms in total. The Morgan fingerprint density at radius 2 is 2.27 bits per heavy atom. The van der Waals surface area contributed by atoms with Gasteiger partial charge in [0.05, 0.1) is 0 Å². The van der Waals surface area contributed by atoms with Gasteiger partial charge in [0.2, 0.25) is 5.16 Å². The molecular formula is C10H20N4S. The highest BCUT2D eigenvalue weighted by Gasteiger charge is 1.99. The third kappa shape index (κ3) is 5.79. The molecule has 0 radical (unpaired) electrons. The average Bonchev–Trinajstić information content (AvgIpc) is 2.57. The summed E-state index contributed by atoms with van der Waals surface area (Å²) in [6.45, 7) is 8.54. The molecule has 15 heavy (non-hydrogen) atoms. The second-order valence-electron chi connectivity index (χ2n) is 4.00. The van der Waals surface area contributed by atoms with Gasteiger partial charge >= 0.3 is 0 Å². The van der Waals surface area contributed by atoms with Crippen molar-refractivity contribution in [1.82, 2.24) is 20.5 Å². The number of aryl methyl sites for hydroxylation is 1. The lowest BCUT2D eigenvalue weighted by atomic mass is 10.2. The van der Waals surface area contributed by atoms with Crippen LogP contribution >= 0.6 is 11.8 Å². The SMILES string of the molecule is Cc1nc(SCCCNCC(C)C)n[nH]1. The van der Waals surface area contributed by atoms with Crippen molar-refractivity contribution in [3.63, 3.8) is 0 Å².